The Bertz CT molecular complexity index is 615. The Kier molecular flexibility index (Phi) is 5.27. The summed E-state index contributed by atoms with van der Waals surface area (Å²) in [7, 11) is 0. The molecule has 1 saturated heterocycles. The molecule has 2 aliphatic carbocycles. The fourth-order valence-corrected chi connectivity index (χ4v) is 4.67. The van der Waals surface area contributed by atoms with Crippen molar-refractivity contribution in [3.63, 3.8) is 0 Å². The Balaban J connectivity index is 1.56. The van der Waals surface area contributed by atoms with Crippen molar-refractivity contribution in [2.45, 2.75) is 70.0 Å². The molecule has 1 aromatic heterocycles. The minimum Gasteiger partial charge on any atom is -0.379 e. The molecule has 1 aromatic rings. The smallest absolute Gasteiger partial charge is 0.241 e. The van der Waals surface area contributed by atoms with Gasteiger partial charge < -0.3 is 10.1 Å². The summed E-state index contributed by atoms with van der Waals surface area (Å²) >= 11 is 0. The quantitative estimate of drug-likeness (QED) is 0.838. The van der Waals surface area contributed by atoms with E-state index in [2.05, 4.69) is 27.2 Å². The molecular weight excluding hydrogens is 330 g/mol. The molecule has 1 amide bonds. The van der Waals surface area contributed by atoms with E-state index in [1.54, 1.807) is 6.33 Å². The van der Waals surface area contributed by atoms with E-state index in [1.807, 2.05) is 4.68 Å². The van der Waals surface area contributed by atoms with Gasteiger partial charge in [0.25, 0.3) is 0 Å². The van der Waals surface area contributed by atoms with E-state index in [9.17, 15) is 4.79 Å². The molecule has 1 aliphatic heterocycles. The number of carbonyl (C=O) groups excluding carboxylic acids is 1. The van der Waals surface area contributed by atoms with Crippen LogP contribution in [0.4, 0.5) is 0 Å². The molecule has 144 valence electrons. The molecule has 0 aromatic carbocycles. The molecule has 0 spiro atoms. The van der Waals surface area contributed by atoms with Crippen LogP contribution in [0.25, 0.3) is 0 Å². The summed E-state index contributed by atoms with van der Waals surface area (Å²) in [5.41, 5.74) is -0.369. The number of aryl methyl sites for hydroxylation is 1. The monoisotopic (exact) mass is 361 g/mol. The van der Waals surface area contributed by atoms with E-state index in [-0.39, 0.29) is 17.5 Å². The zero-order valence-electron chi connectivity index (χ0n) is 15.8. The van der Waals surface area contributed by atoms with E-state index in [0.717, 1.165) is 77.2 Å². The second-order valence-corrected chi connectivity index (χ2v) is 7.91. The summed E-state index contributed by atoms with van der Waals surface area (Å²) < 4.78 is 7.46. The summed E-state index contributed by atoms with van der Waals surface area (Å²) in [5.74, 6) is 1.61. The maximum Gasteiger partial charge on any atom is 0.241 e. The highest BCUT2D eigenvalue weighted by atomic mass is 16.5. The Hall–Kier alpha value is -1.47. The van der Waals surface area contributed by atoms with Crippen LogP contribution in [0.3, 0.4) is 0 Å². The number of amides is 1. The number of carbonyl (C=O) groups is 1. The van der Waals surface area contributed by atoms with Gasteiger partial charge in [-0.3, -0.25) is 9.69 Å². The predicted molar refractivity (Wildman–Crippen MR) is 97.5 cm³/mol. The van der Waals surface area contributed by atoms with Gasteiger partial charge in [-0.1, -0.05) is 19.3 Å². The van der Waals surface area contributed by atoms with Crippen LogP contribution in [0.2, 0.25) is 0 Å². The second-order valence-electron chi connectivity index (χ2n) is 7.91. The van der Waals surface area contributed by atoms with Crippen LogP contribution in [-0.4, -0.2) is 57.4 Å². The highest BCUT2D eigenvalue weighted by Gasteiger charge is 2.47. The SMILES string of the molecule is CCn1ncnc1[C@H](NC(=O)C1(N2CCOCC2)CCCCC1)C1CC1. The molecule has 2 saturated carbocycles. The van der Waals surface area contributed by atoms with Crippen LogP contribution in [0.5, 0.6) is 0 Å². The van der Waals surface area contributed by atoms with Gasteiger partial charge in [0.2, 0.25) is 5.91 Å². The highest BCUT2D eigenvalue weighted by Crippen LogP contribution is 2.42. The lowest BCUT2D eigenvalue weighted by Gasteiger charge is -2.47. The summed E-state index contributed by atoms with van der Waals surface area (Å²) in [5, 5.41) is 7.74. The molecule has 2 heterocycles. The van der Waals surface area contributed by atoms with Crippen LogP contribution < -0.4 is 5.32 Å². The molecule has 26 heavy (non-hydrogen) atoms. The molecule has 0 bridgehead atoms. The number of nitrogens with one attached hydrogen (secondary N) is 1. The van der Waals surface area contributed by atoms with Crippen molar-refractivity contribution in [2.24, 2.45) is 5.92 Å². The topological polar surface area (TPSA) is 72.3 Å². The lowest BCUT2D eigenvalue weighted by Crippen LogP contribution is -2.62. The fraction of sp³-hybridized carbons (Fsp3) is 0.842. The zero-order chi connectivity index (χ0) is 18.0. The molecular formula is C19H31N5O2. The van der Waals surface area contributed by atoms with Gasteiger partial charge in [0.05, 0.1) is 19.3 Å². The Morgan fingerprint density at radius 1 is 1.31 bits per heavy atom. The second kappa shape index (κ2) is 7.64. The third kappa shape index (κ3) is 3.39. The largest absolute Gasteiger partial charge is 0.379 e. The molecule has 0 radical (unpaired) electrons. The van der Waals surface area contributed by atoms with Gasteiger partial charge in [0.15, 0.2) is 0 Å². The lowest BCUT2D eigenvalue weighted by atomic mass is 9.79. The van der Waals surface area contributed by atoms with E-state index in [4.69, 9.17) is 4.74 Å². The van der Waals surface area contributed by atoms with Crippen LogP contribution in [-0.2, 0) is 16.1 Å². The first-order valence-electron chi connectivity index (χ1n) is 10.3. The maximum absolute atomic E-state index is 13.6. The van der Waals surface area contributed by atoms with Crippen LogP contribution in [0.1, 0.15) is 63.7 Å². The minimum atomic E-state index is -0.369. The van der Waals surface area contributed by atoms with E-state index in [0.29, 0.717) is 5.92 Å². The van der Waals surface area contributed by atoms with Crippen molar-refractivity contribution < 1.29 is 9.53 Å². The summed E-state index contributed by atoms with van der Waals surface area (Å²) in [4.78, 5) is 20.5. The van der Waals surface area contributed by atoms with Gasteiger partial charge in [-0.25, -0.2) is 9.67 Å². The van der Waals surface area contributed by atoms with Gasteiger partial charge in [-0.15, -0.1) is 0 Å². The molecule has 7 heteroatoms. The van der Waals surface area contributed by atoms with Crippen molar-refractivity contribution in [1.29, 1.82) is 0 Å². The molecule has 3 aliphatic rings. The van der Waals surface area contributed by atoms with E-state index >= 15 is 0 Å². The lowest BCUT2D eigenvalue weighted by molar-refractivity contribution is -0.141. The minimum absolute atomic E-state index is 0.00945. The van der Waals surface area contributed by atoms with E-state index in [1.165, 1.54) is 6.42 Å². The van der Waals surface area contributed by atoms with Gasteiger partial charge in [-0.05, 0) is 38.5 Å². The van der Waals surface area contributed by atoms with Gasteiger partial charge >= 0.3 is 0 Å². The predicted octanol–water partition coefficient (Wildman–Crippen LogP) is 1.90. The van der Waals surface area contributed by atoms with Crippen LogP contribution in [0, 0.1) is 5.92 Å². The van der Waals surface area contributed by atoms with Gasteiger partial charge in [-0.2, -0.15) is 5.10 Å². The number of rotatable bonds is 6. The fourth-order valence-electron chi connectivity index (χ4n) is 4.67. The number of hydrogen-bond acceptors (Lipinski definition) is 5. The summed E-state index contributed by atoms with van der Waals surface area (Å²) in [6.45, 7) is 6.01. The first-order chi connectivity index (χ1) is 12.7. The number of ether oxygens (including phenoxy) is 1. The van der Waals surface area contributed by atoms with Crippen molar-refractivity contribution in [1.82, 2.24) is 25.0 Å². The Labute approximate surface area is 155 Å². The molecule has 7 nitrogen and oxygen atoms in total. The highest BCUT2D eigenvalue weighted by molar-refractivity contribution is 5.87. The van der Waals surface area contributed by atoms with Crippen molar-refractivity contribution >= 4 is 5.91 Å². The van der Waals surface area contributed by atoms with Crippen LogP contribution in [0.15, 0.2) is 6.33 Å². The maximum atomic E-state index is 13.6. The first-order valence-corrected chi connectivity index (χ1v) is 10.3. The normalized spacial score (nSPS) is 25.0. The number of hydrogen-bond donors (Lipinski definition) is 1. The Morgan fingerprint density at radius 3 is 2.69 bits per heavy atom. The average Bonchev–Trinajstić information content (AvgIpc) is 3.43. The molecule has 1 atom stereocenters. The molecule has 3 fully saturated rings. The van der Waals surface area contributed by atoms with Crippen molar-refractivity contribution in [3.05, 3.63) is 12.2 Å². The average molecular weight is 361 g/mol. The third-order valence-electron chi connectivity index (χ3n) is 6.32. The van der Waals surface area contributed by atoms with E-state index < -0.39 is 0 Å². The Morgan fingerprint density at radius 2 is 2.04 bits per heavy atom. The van der Waals surface area contributed by atoms with Gasteiger partial charge in [0, 0.05) is 19.6 Å². The number of nitrogens with zero attached hydrogens (tertiary/aromatic N) is 4. The third-order valence-corrected chi connectivity index (χ3v) is 6.32. The van der Waals surface area contributed by atoms with Crippen molar-refractivity contribution in [3.8, 4) is 0 Å². The van der Waals surface area contributed by atoms with Gasteiger partial charge in [0.1, 0.15) is 17.7 Å². The number of aromatic nitrogens is 3. The first kappa shape index (κ1) is 17.9. The summed E-state index contributed by atoms with van der Waals surface area (Å²) in [6, 6.07) is -0.00945. The summed E-state index contributed by atoms with van der Waals surface area (Å²) in [6.07, 6.45) is 9.33. The van der Waals surface area contributed by atoms with Crippen LogP contribution >= 0.6 is 0 Å². The molecule has 0 unspecified atom stereocenters. The standard InChI is InChI=1S/C19H31N5O2/c1-2-24-17(20-14-21-24)16(15-6-7-15)22-18(25)19(8-4-3-5-9-19)23-10-12-26-13-11-23/h14-16H,2-13H2,1H3,(H,22,25)/t16-/m1/s1. The number of morpholine rings is 1. The molecule has 1 N–H and O–H groups in total. The van der Waals surface area contributed by atoms with Crippen molar-refractivity contribution in [2.75, 3.05) is 26.3 Å². The zero-order valence-corrected chi connectivity index (χ0v) is 15.8. The molecule has 4 rings (SSSR count).